The summed E-state index contributed by atoms with van der Waals surface area (Å²) in [5.41, 5.74) is 1.25. The molecule has 0 fully saturated rings. The molecule has 0 unspecified atom stereocenters. The van der Waals surface area contributed by atoms with Crippen molar-refractivity contribution < 1.29 is 4.79 Å². The molecule has 1 aromatic carbocycles. The van der Waals surface area contributed by atoms with Crippen molar-refractivity contribution in [3.8, 4) is 0 Å². The van der Waals surface area contributed by atoms with E-state index in [0.29, 0.717) is 0 Å². The Labute approximate surface area is 70.3 Å². The van der Waals surface area contributed by atoms with Gasteiger partial charge >= 0.3 is 0 Å². The molecule has 0 saturated carbocycles. The highest BCUT2D eigenvalue weighted by Crippen LogP contribution is 1.94. The van der Waals surface area contributed by atoms with E-state index in [1.54, 1.807) is 6.08 Å². The van der Waals surface area contributed by atoms with E-state index in [1.165, 1.54) is 5.56 Å². The molecule has 0 saturated heterocycles. The van der Waals surface area contributed by atoms with Crippen LogP contribution in [0.1, 0.15) is 12.5 Å². The van der Waals surface area contributed by atoms with E-state index in [4.69, 9.17) is 0 Å². The van der Waals surface area contributed by atoms with Gasteiger partial charge in [-0.1, -0.05) is 13.0 Å². The minimum absolute atomic E-state index is 0.141. The lowest BCUT2D eigenvalue weighted by molar-refractivity contribution is -0.112. The number of fused-ring (bicyclic) bond motifs is 1. The minimum atomic E-state index is -0.141. The van der Waals surface area contributed by atoms with E-state index in [-0.39, 0.29) is 5.91 Å². The van der Waals surface area contributed by atoms with Crippen LogP contribution in [0.25, 0.3) is 6.08 Å². The molecule has 0 bridgehead atoms. The fourth-order valence-corrected chi connectivity index (χ4v) is 1.33. The Bertz CT molecular complexity index is 445. The standard InChI is InChI=1S/C10H9NO/c1-2-7-3-4-9-8(5-7)6-10(12)11-9/h3-6H,2H2,1H3. The van der Waals surface area contributed by atoms with Crippen LogP contribution in [0.4, 0.5) is 0 Å². The molecule has 0 aliphatic carbocycles. The van der Waals surface area contributed by atoms with Crippen molar-refractivity contribution in [3.05, 3.63) is 34.3 Å². The third-order valence-corrected chi connectivity index (χ3v) is 2.01. The zero-order chi connectivity index (χ0) is 8.55. The first kappa shape index (κ1) is 7.22. The van der Waals surface area contributed by atoms with E-state index in [1.807, 2.05) is 18.2 Å². The third-order valence-electron chi connectivity index (χ3n) is 2.01. The van der Waals surface area contributed by atoms with E-state index in [2.05, 4.69) is 11.9 Å². The van der Waals surface area contributed by atoms with Crippen LogP contribution in [0, 0.1) is 0 Å². The number of nitrogens with zero attached hydrogens (tertiary/aromatic N) is 1. The van der Waals surface area contributed by atoms with Crippen molar-refractivity contribution in [2.75, 3.05) is 0 Å². The molecule has 1 heterocycles. The van der Waals surface area contributed by atoms with Crippen LogP contribution in [-0.2, 0) is 11.2 Å². The smallest absolute Gasteiger partial charge is 0.267 e. The van der Waals surface area contributed by atoms with Crippen LogP contribution in [-0.4, -0.2) is 5.91 Å². The molecule has 0 atom stereocenters. The van der Waals surface area contributed by atoms with Gasteiger partial charge in [0.15, 0.2) is 0 Å². The van der Waals surface area contributed by atoms with Crippen molar-refractivity contribution in [3.63, 3.8) is 0 Å². The van der Waals surface area contributed by atoms with Gasteiger partial charge in [-0.25, -0.2) is 4.99 Å². The van der Waals surface area contributed by atoms with Gasteiger partial charge in [0, 0.05) is 11.3 Å². The maximum atomic E-state index is 10.9. The lowest BCUT2D eigenvalue weighted by atomic mass is 10.1. The molecule has 0 N–H and O–H groups in total. The Kier molecular flexibility index (Phi) is 1.54. The monoisotopic (exact) mass is 159 g/mol. The maximum absolute atomic E-state index is 10.9. The van der Waals surface area contributed by atoms with Crippen LogP contribution >= 0.6 is 0 Å². The molecule has 1 aromatic rings. The average Bonchev–Trinajstić information content (AvgIpc) is 2.43. The van der Waals surface area contributed by atoms with E-state index >= 15 is 0 Å². The molecule has 1 amide bonds. The molecule has 2 rings (SSSR count). The summed E-state index contributed by atoms with van der Waals surface area (Å²) in [5, 5.41) is 1.76. The predicted octanol–water partition coefficient (Wildman–Crippen LogP) is 0.189. The van der Waals surface area contributed by atoms with Crippen molar-refractivity contribution in [1.82, 2.24) is 0 Å². The number of rotatable bonds is 1. The third kappa shape index (κ3) is 1.05. The average molecular weight is 159 g/mol. The lowest BCUT2D eigenvalue weighted by Gasteiger charge is -1.92. The summed E-state index contributed by atoms with van der Waals surface area (Å²) in [6.45, 7) is 2.09. The number of aryl methyl sites for hydroxylation is 1. The second-order valence-electron chi connectivity index (χ2n) is 2.84. The quantitative estimate of drug-likeness (QED) is 0.575. The van der Waals surface area contributed by atoms with Gasteiger partial charge in [-0.15, -0.1) is 0 Å². The fraction of sp³-hybridized carbons (Fsp3) is 0.200. The summed E-state index contributed by atoms with van der Waals surface area (Å²) in [4.78, 5) is 14.7. The summed E-state index contributed by atoms with van der Waals surface area (Å²) >= 11 is 0. The van der Waals surface area contributed by atoms with Gasteiger partial charge in [0.2, 0.25) is 0 Å². The first-order chi connectivity index (χ1) is 5.79. The molecule has 60 valence electrons. The number of carbonyl (C=O) groups excluding carboxylic acids is 1. The lowest BCUT2D eigenvalue weighted by Crippen LogP contribution is -2.21. The summed E-state index contributed by atoms with van der Waals surface area (Å²) in [7, 11) is 0. The van der Waals surface area contributed by atoms with Crippen molar-refractivity contribution in [1.29, 1.82) is 0 Å². The Balaban J connectivity index is 2.72. The number of hydrogen-bond acceptors (Lipinski definition) is 1. The van der Waals surface area contributed by atoms with Crippen LogP contribution in [0.15, 0.2) is 23.2 Å². The fourth-order valence-electron chi connectivity index (χ4n) is 1.33. The van der Waals surface area contributed by atoms with Gasteiger partial charge < -0.3 is 0 Å². The summed E-state index contributed by atoms with van der Waals surface area (Å²) < 4.78 is 0. The second-order valence-corrected chi connectivity index (χ2v) is 2.84. The van der Waals surface area contributed by atoms with Gasteiger partial charge in [-0.05, 0) is 24.1 Å². The molecule has 2 nitrogen and oxygen atoms in total. The van der Waals surface area contributed by atoms with Crippen LogP contribution in [0.3, 0.4) is 0 Å². The molecular formula is C10H9NO. The summed E-state index contributed by atoms with van der Waals surface area (Å²) in [6.07, 6.45) is 2.57. The number of hydrogen-bond donors (Lipinski definition) is 0. The van der Waals surface area contributed by atoms with Gasteiger partial charge in [0.1, 0.15) is 0 Å². The van der Waals surface area contributed by atoms with E-state index < -0.39 is 0 Å². The molecule has 0 spiro atoms. The van der Waals surface area contributed by atoms with E-state index in [0.717, 1.165) is 17.0 Å². The number of carbonyl (C=O) groups is 1. The van der Waals surface area contributed by atoms with Crippen molar-refractivity contribution in [2.24, 2.45) is 4.99 Å². The SMILES string of the molecule is CCc1ccc2c(c1)=CC(=O)N=2. The first-order valence-corrected chi connectivity index (χ1v) is 4.03. The van der Waals surface area contributed by atoms with Gasteiger partial charge in [-0.2, -0.15) is 0 Å². The van der Waals surface area contributed by atoms with Gasteiger partial charge in [0.05, 0.1) is 5.36 Å². The predicted molar refractivity (Wildman–Crippen MR) is 46.1 cm³/mol. The van der Waals surface area contributed by atoms with Crippen molar-refractivity contribution in [2.45, 2.75) is 13.3 Å². The van der Waals surface area contributed by atoms with E-state index in [9.17, 15) is 4.79 Å². The Morgan fingerprint density at radius 1 is 1.42 bits per heavy atom. The molecule has 12 heavy (non-hydrogen) atoms. The molecule has 2 heteroatoms. The molecule has 0 aromatic heterocycles. The normalized spacial score (nSPS) is 13.6. The van der Waals surface area contributed by atoms with Crippen LogP contribution in [0.5, 0.6) is 0 Å². The molecular weight excluding hydrogens is 150 g/mol. The molecule has 1 aliphatic heterocycles. The second kappa shape index (κ2) is 2.55. The highest BCUT2D eigenvalue weighted by atomic mass is 16.1. The highest BCUT2D eigenvalue weighted by molar-refractivity contribution is 6.06. The first-order valence-electron chi connectivity index (χ1n) is 4.03. The zero-order valence-electron chi connectivity index (χ0n) is 6.87. The Hall–Kier alpha value is -1.44. The summed E-state index contributed by atoms with van der Waals surface area (Å²) in [6, 6.07) is 5.92. The van der Waals surface area contributed by atoms with Gasteiger partial charge in [0.25, 0.3) is 5.91 Å². The zero-order valence-corrected chi connectivity index (χ0v) is 6.87. The topological polar surface area (TPSA) is 29.4 Å². The largest absolute Gasteiger partial charge is 0.270 e. The van der Waals surface area contributed by atoms with Crippen LogP contribution in [0.2, 0.25) is 0 Å². The maximum Gasteiger partial charge on any atom is 0.270 e. The highest BCUT2D eigenvalue weighted by Gasteiger charge is 2.02. The minimum Gasteiger partial charge on any atom is -0.267 e. The molecule has 0 radical (unpaired) electrons. The molecule has 1 aliphatic rings. The number of amides is 1. The summed E-state index contributed by atoms with van der Waals surface area (Å²) in [5.74, 6) is -0.141. The number of benzene rings is 1. The van der Waals surface area contributed by atoms with Crippen molar-refractivity contribution >= 4 is 12.0 Å². The Morgan fingerprint density at radius 3 is 3.00 bits per heavy atom. The Morgan fingerprint density at radius 2 is 2.25 bits per heavy atom. The van der Waals surface area contributed by atoms with Crippen LogP contribution < -0.4 is 10.6 Å². The van der Waals surface area contributed by atoms with Gasteiger partial charge in [-0.3, -0.25) is 4.79 Å².